The summed E-state index contributed by atoms with van der Waals surface area (Å²) in [4.78, 5) is 17.1. The topological polar surface area (TPSA) is 57.0 Å². The lowest BCUT2D eigenvalue weighted by Crippen LogP contribution is -2.21. The zero-order valence-electron chi connectivity index (χ0n) is 14.5. The van der Waals surface area contributed by atoms with Gasteiger partial charge in [0.05, 0.1) is 5.69 Å². The summed E-state index contributed by atoms with van der Waals surface area (Å²) in [5, 5.41) is 4.45. The van der Waals surface area contributed by atoms with Crippen LogP contribution in [0.3, 0.4) is 0 Å². The van der Waals surface area contributed by atoms with Gasteiger partial charge in [-0.15, -0.1) is 5.10 Å². The molecule has 26 heavy (non-hydrogen) atoms. The van der Waals surface area contributed by atoms with Crippen LogP contribution >= 0.6 is 0 Å². The SMILES string of the molecule is O=C(OC1CCCCC1)c1nc(-c2ccccc2)n(-c2ccccc2)n1. The molecule has 132 valence electrons. The highest BCUT2D eigenvalue weighted by atomic mass is 16.5. The van der Waals surface area contributed by atoms with E-state index < -0.39 is 5.97 Å². The Morgan fingerprint density at radius 2 is 1.58 bits per heavy atom. The maximum Gasteiger partial charge on any atom is 0.378 e. The van der Waals surface area contributed by atoms with E-state index in [1.807, 2.05) is 60.7 Å². The molecule has 0 N–H and O–H groups in total. The molecule has 0 amide bonds. The Kier molecular flexibility index (Phi) is 4.78. The van der Waals surface area contributed by atoms with E-state index in [1.54, 1.807) is 4.68 Å². The summed E-state index contributed by atoms with van der Waals surface area (Å²) in [6.45, 7) is 0. The van der Waals surface area contributed by atoms with Crippen LogP contribution in [0.25, 0.3) is 17.1 Å². The van der Waals surface area contributed by atoms with Gasteiger partial charge in [-0.05, 0) is 37.8 Å². The van der Waals surface area contributed by atoms with E-state index in [-0.39, 0.29) is 11.9 Å². The standard InChI is InChI=1S/C21H21N3O2/c25-21(26-18-14-8-3-9-15-18)19-22-20(16-10-4-1-5-11-16)24(23-19)17-12-6-2-7-13-17/h1-2,4-7,10-13,18H,3,8-9,14-15H2. The van der Waals surface area contributed by atoms with E-state index in [9.17, 15) is 4.79 Å². The fourth-order valence-electron chi connectivity index (χ4n) is 3.31. The van der Waals surface area contributed by atoms with Crippen LogP contribution in [0, 0.1) is 0 Å². The number of rotatable bonds is 4. The minimum absolute atomic E-state index is 0.0138. The maximum absolute atomic E-state index is 12.6. The van der Waals surface area contributed by atoms with Crippen LogP contribution in [-0.2, 0) is 4.74 Å². The first-order chi connectivity index (χ1) is 12.8. The van der Waals surface area contributed by atoms with Crippen LogP contribution in [0.5, 0.6) is 0 Å². The molecular formula is C21H21N3O2. The van der Waals surface area contributed by atoms with Gasteiger partial charge in [-0.2, -0.15) is 0 Å². The third-order valence-electron chi connectivity index (χ3n) is 4.65. The van der Waals surface area contributed by atoms with Crippen LogP contribution in [0.2, 0.25) is 0 Å². The molecule has 1 saturated carbocycles. The molecule has 0 aliphatic heterocycles. The van der Waals surface area contributed by atoms with Crippen molar-refractivity contribution in [2.24, 2.45) is 0 Å². The Hall–Kier alpha value is -2.95. The predicted molar refractivity (Wildman–Crippen MR) is 99.1 cm³/mol. The molecule has 0 bridgehead atoms. The molecule has 1 aliphatic rings. The highest BCUT2D eigenvalue weighted by molar-refractivity contribution is 5.86. The first-order valence-corrected chi connectivity index (χ1v) is 9.10. The van der Waals surface area contributed by atoms with Crippen LogP contribution in [0.1, 0.15) is 42.7 Å². The largest absolute Gasteiger partial charge is 0.456 e. The maximum atomic E-state index is 12.6. The molecule has 0 atom stereocenters. The molecule has 4 rings (SSSR count). The summed E-state index contributed by atoms with van der Waals surface area (Å²) in [5.74, 6) is 0.300. The molecule has 0 spiro atoms. The van der Waals surface area contributed by atoms with Crippen molar-refractivity contribution in [3.63, 3.8) is 0 Å². The smallest absolute Gasteiger partial charge is 0.378 e. The van der Waals surface area contributed by atoms with Gasteiger partial charge in [-0.3, -0.25) is 0 Å². The van der Waals surface area contributed by atoms with Gasteiger partial charge in [-0.1, -0.05) is 55.0 Å². The van der Waals surface area contributed by atoms with Gasteiger partial charge >= 0.3 is 5.97 Å². The van der Waals surface area contributed by atoms with Gasteiger partial charge in [-0.25, -0.2) is 14.5 Å². The fraction of sp³-hybridized carbons (Fsp3) is 0.286. The second kappa shape index (κ2) is 7.52. The Balaban J connectivity index is 1.68. The van der Waals surface area contributed by atoms with Crippen LogP contribution in [0.4, 0.5) is 0 Å². The summed E-state index contributed by atoms with van der Waals surface area (Å²) in [6, 6.07) is 19.5. The fourth-order valence-corrected chi connectivity index (χ4v) is 3.31. The molecule has 1 aromatic heterocycles. The summed E-state index contributed by atoms with van der Waals surface area (Å²) >= 11 is 0. The monoisotopic (exact) mass is 347 g/mol. The molecule has 1 fully saturated rings. The molecule has 0 unspecified atom stereocenters. The van der Waals surface area contributed by atoms with Crippen molar-refractivity contribution in [3.8, 4) is 17.1 Å². The number of aromatic nitrogens is 3. The van der Waals surface area contributed by atoms with Crippen molar-refractivity contribution < 1.29 is 9.53 Å². The van der Waals surface area contributed by atoms with E-state index >= 15 is 0 Å². The van der Waals surface area contributed by atoms with Gasteiger partial charge in [0.2, 0.25) is 0 Å². The van der Waals surface area contributed by atoms with E-state index in [2.05, 4.69) is 10.1 Å². The Morgan fingerprint density at radius 1 is 0.923 bits per heavy atom. The summed E-state index contributed by atoms with van der Waals surface area (Å²) in [6.07, 6.45) is 5.28. The minimum Gasteiger partial charge on any atom is -0.456 e. The van der Waals surface area contributed by atoms with E-state index in [0.29, 0.717) is 5.82 Å². The molecule has 1 heterocycles. The second-order valence-electron chi connectivity index (χ2n) is 6.54. The number of benzene rings is 2. The summed E-state index contributed by atoms with van der Waals surface area (Å²) in [7, 11) is 0. The highest BCUT2D eigenvalue weighted by Gasteiger charge is 2.24. The van der Waals surface area contributed by atoms with Crippen LogP contribution in [0.15, 0.2) is 60.7 Å². The molecule has 0 saturated heterocycles. The zero-order valence-corrected chi connectivity index (χ0v) is 14.5. The average Bonchev–Trinajstić information content (AvgIpc) is 3.16. The van der Waals surface area contributed by atoms with Crippen molar-refractivity contribution in [2.45, 2.75) is 38.2 Å². The zero-order chi connectivity index (χ0) is 17.8. The lowest BCUT2D eigenvalue weighted by molar-refractivity contribution is 0.0197. The number of nitrogens with zero attached hydrogens (tertiary/aromatic N) is 3. The predicted octanol–water partition coefficient (Wildman–Crippen LogP) is 4.42. The second-order valence-corrected chi connectivity index (χ2v) is 6.54. The molecule has 5 nitrogen and oxygen atoms in total. The van der Waals surface area contributed by atoms with Gasteiger partial charge < -0.3 is 4.74 Å². The number of carbonyl (C=O) groups excluding carboxylic acids is 1. The van der Waals surface area contributed by atoms with Crippen molar-refractivity contribution in [1.29, 1.82) is 0 Å². The Morgan fingerprint density at radius 3 is 2.27 bits per heavy atom. The average molecular weight is 347 g/mol. The first-order valence-electron chi connectivity index (χ1n) is 9.10. The van der Waals surface area contributed by atoms with Crippen LogP contribution < -0.4 is 0 Å². The van der Waals surface area contributed by atoms with E-state index in [1.165, 1.54) is 6.42 Å². The van der Waals surface area contributed by atoms with Crippen molar-refractivity contribution in [1.82, 2.24) is 14.8 Å². The van der Waals surface area contributed by atoms with Crippen molar-refractivity contribution in [2.75, 3.05) is 0 Å². The number of hydrogen-bond acceptors (Lipinski definition) is 4. The van der Waals surface area contributed by atoms with Gasteiger partial charge in [0.1, 0.15) is 6.10 Å². The Labute approximate surface area is 152 Å². The number of esters is 1. The molecule has 3 aromatic rings. The van der Waals surface area contributed by atoms with Crippen LogP contribution in [-0.4, -0.2) is 26.8 Å². The minimum atomic E-state index is -0.441. The summed E-state index contributed by atoms with van der Waals surface area (Å²) in [5.41, 5.74) is 1.76. The van der Waals surface area contributed by atoms with Crippen molar-refractivity contribution in [3.05, 3.63) is 66.5 Å². The molecule has 2 aromatic carbocycles. The number of carbonyl (C=O) groups is 1. The molecule has 1 aliphatic carbocycles. The summed E-state index contributed by atoms with van der Waals surface area (Å²) < 4.78 is 7.34. The molecular weight excluding hydrogens is 326 g/mol. The third kappa shape index (κ3) is 3.52. The third-order valence-corrected chi connectivity index (χ3v) is 4.65. The number of ether oxygens (including phenoxy) is 1. The lowest BCUT2D eigenvalue weighted by Gasteiger charge is -2.20. The Bertz CT molecular complexity index is 812. The van der Waals surface area contributed by atoms with E-state index in [4.69, 9.17) is 4.74 Å². The van der Waals surface area contributed by atoms with Crippen molar-refractivity contribution >= 4 is 5.97 Å². The van der Waals surface area contributed by atoms with Gasteiger partial charge in [0.15, 0.2) is 5.82 Å². The molecule has 0 radical (unpaired) electrons. The normalized spacial score (nSPS) is 14.9. The lowest BCUT2D eigenvalue weighted by atomic mass is 9.98. The van der Waals surface area contributed by atoms with E-state index in [0.717, 1.165) is 36.9 Å². The highest BCUT2D eigenvalue weighted by Crippen LogP contribution is 2.23. The first kappa shape index (κ1) is 16.5. The van der Waals surface area contributed by atoms with Gasteiger partial charge in [0, 0.05) is 5.56 Å². The number of hydrogen-bond donors (Lipinski definition) is 0. The number of para-hydroxylation sites is 1. The quantitative estimate of drug-likeness (QED) is 0.655. The van der Waals surface area contributed by atoms with Gasteiger partial charge in [0.25, 0.3) is 5.82 Å². The molecule has 5 heteroatoms.